The van der Waals surface area contributed by atoms with Crippen molar-refractivity contribution in [3.8, 4) is 11.5 Å². The molecule has 1 aromatic heterocycles. The lowest BCUT2D eigenvalue weighted by Crippen LogP contribution is -2.63. The van der Waals surface area contributed by atoms with Gasteiger partial charge in [-0.3, -0.25) is 5.32 Å². The van der Waals surface area contributed by atoms with Gasteiger partial charge in [-0.15, -0.1) is 0 Å². The lowest BCUT2D eigenvalue weighted by molar-refractivity contribution is -0.758. The van der Waals surface area contributed by atoms with E-state index in [1.807, 2.05) is 12.1 Å². The minimum absolute atomic E-state index is 0.00165. The van der Waals surface area contributed by atoms with E-state index in [0.29, 0.717) is 5.92 Å². The van der Waals surface area contributed by atoms with Crippen molar-refractivity contribution in [2.45, 2.75) is 38.0 Å². The highest BCUT2D eigenvalue weighted by Crippen LogP contribution is 2.45. The predicted molar refractivity (Wildman–Crippen MR) is 100.0 cm³/mol. The average molecular weight is 424 g/mol. The SMILES string of the molecule is COc1cc[n+]2c(c1)N[C@@H]1c3ccccc3OCC[C@@H]1C2(C)C.O=C([O-])C(F)(F)F. The van der Waals surface area contributed by atoms with E-state index in [9.17, 15) is 13.2 Å². The number of rotatable bonds is 1. The highest BCUT2D eigenvalue weighted by Gasteiger charge is 2.49. The summed E-state index contributed by atoms with van der Waals surface area (Å²) in [4.78, 5) is 8.78. The van der Waals surface area contributed by atoms with Crippen LogP contribution in [0.4, 0.5) is 19.0 Å². The van der Waals surface area contributed by atoms with Crippen LogP contribution >= 0.6 is 0 Å². The third-order valence-electron chi connectivity index (χ3n) is 5.57. The maximum Gasteiger partial charge on any atom is 0.430 e. The molecule has 0 saturated carbocycles. The second-order valence-corrected chi connectivity index (χ2v) is 7.66. The summed E-state index contributed by atoms with van der Waals surface area (Å²) in [6.07, 6.45) is -2.05. The number of para-hydroxylation sites is 1. The van der Waals surface area contributed by atoms with Crippen LogP contribution < -0.4 is 24.5 Å². The van der Waals surface area contributed by atoms with Gasteiger partial charge in [0.05, 0.1) is 26.0 Å². The molecule has 6 nitrogen and oxygen atoms in total. The number of hydrogen-bond donors (Lipinski definition) is 1. The molecular weight excluding hydrogens is 401 g/mol. The Morgan fingerprint density at radius 1 is 1.30 bits per heavy atom. The first-order valence-electron chi connectivity index (χ1n) is 9.42. The van der Waals surface area contributed by atoms with E-state index < -0.39 is 12.1 Å². The number of fused-ring (bicyclic) bond motifs is 4. The minimum Gasteiger partial charge on any atom is -0.542 e. The zero-order valence-corrected chi connectivity index (χ0v) is 16.8. The number of carboxylic acid groups (broad SMARTS) is 1. The standard InChI is InChI=1S/C19H22N2O2.C2HF3O2/c1-19(2)15-9-11-23-16-7-5-4-6-14(16)18(15)20-17-12-13(22-3)8-10-21(17)19;3-2(4,5)1(6)7/h4-8,10,12,15,18H,9,11H2,1-3H3;(H,6,7)/t15-,18+;/m0./s1. The highest BCUT2D eigenvalue weighted by atomic mass is 19.4. The van der Waals surface area contributed by atoms with Crippen LogP contribution in [0.1, 0.15) is 31.9 Å². The number of carboxylic acids is 1. The number of methoxy groups -OCH3 is 1. The van der Waals surface area contributed by atoms with Gasteiger partial charge in [0, 0.05) is 17.5 Å². The summed E-state index contributed by atoms with van der Waals surface area (Å²) in [5, 5.41) is 12.5. The Hall–Kier alpha value is -2.97. The van der Waals surface area contributed by atoms with Gasteiger partial charge in [-0.2, -0.15) is 13.2 Å². The zero-order valence-electron chi connectivity index (χ0n) is 16.8. The molecule has 0 radical (unpaired) electrons. The number of carbonyl (C=O) groups excluding carboxylic acids is 1. The largest absolute Gasteiger partial charge is 0.542 e. The molecule has 0 bridgehead atoms. The van der Waals surface area contributed by atoms with Crippen molar-refractivity contribution in [1.82, 2.24) is 0 Å². The summed E-state index contributed by atoms with van der Waals surface area (Å²) in [6, 6.07) is 12.7. The lowest BCUT2D eigenvalue weighted by atomic mass is 9.75. The van der Waals surface area contributed by atoms with Gasteiger partial charge < -0.3 is 19.4 Å². The van der Waals surface area contributed by atoms with Crippen LogP contribution in [0.3, 0.4) is 0 Å². The molecular formula is C21H23F3N2O4. The molecule has 162 valence electrons. The van der Waals surface area contributed by atoms with Gasteiger partial charge in [-0.25, -0.2) is 4.57 Å². The molecule has 2 aromatic rings. The van der Waals surface area contributed by atoms with Crippen molar-refractivity contribution in [1.29, 1.82) is 0 Å². The second-order valence-electron chi connectivity index (χ2n) is 7.66. The molecule has 1 aromatic carbocycles. The van der Waals surface area contributed by atoms with Crippen LogP contribution in [0.25, 0.3) is 0 Å². The van der Waals surface area contributed by atoms with E-state index in [4.69, 9.17) is 19.4 Å². The fraction of sp³-hybridized carbons (Fsp3) is 0.429. The summed E-state index contributed by atoms with van der Waals surface area (Å²) in [5.41, 5.74) is 1.25. The van der Waals surface area contributed by atoms with Gasteiger partial charge in [0.15, 0.2) is 0 Å². The maximum absolute atomic E-state index is 10.5. The summed E-state index contributed by atoms with van der Waals surface area (Å²) in [5.74, 6) is 0.410. The molecule has 0 amide bonds. The first-order valence-corrected chi connectivity index (χ1v) is 9.42. The van der Waals surface area contributed by atoms with Crippen molar-refractivity contribution < 1.29 is 37.1 Å². The number of benzene rings is 1. The molecule has 9 heteroatoms. The quantitative estimate of drug-likeness (QED) is 0.713. The van der Waals surface area contributed by atoms with Crippen LogP contribution in [-0.2, 0) is 10.3 Å². The fourth-order valence-electron chi connectivity index (χ4n) is 4.05. The Labute approximate surface area is 172 Å². The van der Waals surface area contributed by atoms with E-state index in [2.05, 4.69) is 54.2 Å². The van der Waals surface area contributed by atoms with Gasteiger partial charge >= 0.3 is 6.18 Å². The number of nitrogens with zero attached hydrogens (tertiary/aromatic N) is 1. The molecule has 0 saturated heterocycles. The average Bonchev–Trinajstić information content (AvgIpc) is 2.87. The summed E-state index contributed by atoms with van der Waals surface area (Å²) < 4.78 is 45.3. The number of alkyl halides is 3. The topological polar surface area (TPSA) is 74.5 Å². The molecule has 0 unspecified atom stereocenters. The number of aromatic nitrogens is 1. The predicted octanol–water partition coefficient (Wildman–Crippen LogP) is 2.58. The van der Waals surface area contributed by atoms with E-state index in [0.717, 1.165) is 30.3 Å². The third-order valence-corrected chi connectivity index (χ3v) is 5.57. The summed E-state index contributed by atoms with van der Waals surface area (Å²) >= 11 is 0. The van der Waals surface area contributed by atoms with Gasteiger partial charge in [0.2, 0.25) is 0 Å². The molecule has 1 N–H and O–H groups in total. The number of anilines is 1. The van der Waals surface area contributed by atoms with Crippen LogP contribution in [-0.4, -0.2) is 25.9 Å². The Morgan fingerprint density at radius 3 is 2.60 bits per heavy atom. The molecule has 0 spiro atoms. The molecule has 2 aliphatic rings. The number of hydrogen-bond acceptors (Lipinski definition) is 5. The van der Waals surface area contributed by atoms with Crippen molar-refractivity contribution in [2.75, 3.05) is 19.0 Å². The molecule has 2 atom stereocenters. The van der Waals surface area contributed by atoms with Gasteiger partial charge in [0.25, 0.3) is 5.82 Å². The minimum atomic E-state index is -5.19. The Morgan fingerprint density at radius 2 is 1.97 bits per heavy atom. The van der Waals surface area contributed by atoms with Crippen molar-refractivity contribution in [2.24, 2.45) is 5.92 Å². The third kappa shape index (κ3) is 4.15. The van der Waals surface area contributed by atoms with Crippen LogP contribution in [0.5, 0.6) is 11.5 Å². The Kier molecular flexibility index (Phi) is 5.83. The smallest absolute Gasteiger partial charge is 0.430 e. The van der Waals surface area contributed by atoms with E-state index >= 15 is 0 Å². The number of aliphatic carboxylic acids is 1. The maximum atomic E-state index is 10.5. The summed E-state index contributed by atoms with van der Waals surface area (Å²) in [7, 11) is 1.71. The van der Waals surface area contributed by atoms with Crippen LogP contribution in [0, 0.1) is 5.92 Å². The number of carbonyl (C=O) groups is 1. The number of pyridine rings is 1. The number of nitrogens with one attached hydrogen (secondary N) is 1. The molecule has 2 aliphatic heterocycles. The lowest BCUT2D eigenvalue weighted by Gasteiger charge is -2.40. The monoisotopic (exact) mass is 424 g/mol. The van der Waals surface area contributed by atoms with Crippen molar-refractivity contribution >= 4 is 11.8 Å². The Balaban J connectivity index is 0.000000318. The van der Waals surface area contributed by atoms with Gasteiger partial charge in [-0.1, -0.05) is 18.2 Å². The summed E-state index contributed by atoms with van der Waals surface area (Å²) in [6.45, 7) is 5.39. The molecule has 0 aliphatic carbocycles. The normalized spacial score (nSPS) is 21.1. The molecule has 4 rings (SSSR count). The van der Waals surface area contributed by atoms with E-state index in [1.165, 1.54) is 5.56 Å². The number of ether oxygens (including phenoxy) is 2. The first-order chi connectivity index (χ1) is 14.1. The van der Waals surface area contributed by atoms with Crippen molar-refractivity contribution in [3.05, 3.63) is 48.2 Å². The zero-order chi connectivity index (χ0) is 22.1. The van der Waals surface area contributed by atoms with E-state index in [1.54, 1.807) is 7.11 Å². The molecule has 30 heavy (non-hydrogen) atoms. The molecule has 3 heterocycles. The Bertz CT molecular complexity index is 931. The van der Waals surface area contributed by atoms with Gasteiger partial charge in [-0.05, 0) is 26.3 Å². The van der Waals surface area contributed by atoms with E-state index in [-0.39, 0.29) is 11.6 Å². The van der Waals surface area contributed by atoms with Crippen LogP contribution in [0.15, 0.2) is 42.6 Å². The van der Waals surface area contributed by atoms with Crippen LogP contribution in [0.2, 0.25) is 0 Å². The second kappa shape index (κ2) is 8.04. The number of halogens is 3. The van der Waals surface area contributed by atoms with Gasteiger partial charge in [0.1, 0.15) is 29.0 Å². The first kappa shape index (κ1) is 21.7. The highest BCUT2D eigenvalue weighted by molar-refractivity contribution is 5.70. The molecule has 0 fully saturated rings. The van der Waals surface area contributed by atoms with Crippen molar-refractivity contribution in [3.63, 3.8) is 0 Å². The fourth-order valence-corrected chi connectivity index (χ4v) is 4.05.